The molecule has 142 valence electrons. The summed E-state index contributed by atoms with van der Waals surface area (Å²) in [6.45, 7) is 2.05. The smallest absolute Gasteiger partial charge is 0.395 e. The van der Waals surface area contributed by atoms with E-state index < -0.39 is 11.7 Å². The predicted octanol–water partition coefficient (Wildman–Crippen LogP) is 4.36. The van der Waals surface area contributed by atoms with E-state index in [1.807, 2.05) is 6.07 Å². The van der Waals surface area contributed by atoms with Crippen LogP contribution in [0.3, 0.4) is 0 Å². The fraction of sp³-hybridized carbons (Fsp3) is 0.389. The van der Waals surface area contributed by atoms with E-state index in [0.29, 0.717) is 27.8 Å². The van der Waals surface area contributed by atoms with E-state index in [1.165, 1.54) is 17.4 Å². The highest BCUT2D eigenvalue weighted by molar-refractivity contribution is 7.18. The van der Waals surface area contributed by atoms with Crippen molar-refractivity contribution >= 4 is 27.4 Å². The van der Waals surface area contributed by atoms with Gasteiger partial charge in [0, 0.05) is 11.9 Å². The second kappa shape index (κ2) is 6.72. The zero-order chi connectivity index (χ0) is 19.2. The van der Waals surface area contributed by atoms with Crippen LogP contribution in [0.25, 0.3) is 21.6 Å². The van der Waals surface area contributed by atoms with Crippen molar-refractivity contribution in [1.29, 1.82) is 0 Å². The monoisotopic (exact) mass is 394 g/mol. The standard InChI is InChI=1S/C18H17F3N4OS/c1-9-6-14(16-24-25-17(27-16)22-4-5-26)23-15-12(9)7-11(10-2-3-10)8-13(15)18(19,20)21/h6-8,10,26H,2-5H2,1H3,(H,22,25). The molecule has 1 aliphatic rings. The summed E-state index contributed by atoms with van der Waals surface area (Å²) < 4.78 is 41.1. The molecule has 0 atom stereocenters. The van der Waals surface area contributed by atoms with Gasteiger partial charge in [0.1, 0.15) is 5.69 Å². The lowest BCUT2D eigenvalue weighted by atomic mass is 9.98. The van der Waals surface area contributed by atoms with Crippen LogP contribution in [-0.4, -0.2) is 33.4 Å². The molecule has 0 amide bonds. The Balaban J connectivity index is 1.84. The van der Waals surface area contributed by atoms with Crippen LogP contribution >= 0.6 is 11.3 Å². The van der Waals surface area contributed by atoms with E-state index in [1.54, 1.807) is 13.0 Å². The van der Waals surface area contributed by atoms with Gasteiger partial charge in [0.15, 0.2) is 5.01 Å². The Hall–Kier alpha value is -2.26. The van der Waals surface area contributed by atoms with Crippen molar-refractivity contribution in [2.75, 3.05) is 18.5 Å². The summed E-state index contributed by atoms with van der Waals surface area (Å²) in [4.78, 5) is 4.30. The van der Waals surface area contributed by atoms with E-state index >= 15 is 0 Å². The lowest BCUT2D eigenvalue weighted by molar-refractivity contribution is -0.136. The van der Waals surface area contributed by atoms with E-state index in [4.69, 9.17) is 5.11 Å². The van der Waals surface area contributed by atoms with Crippen LogP contribution in [0.2, 0.25) is 0 Å². The number of rotatable bonds is 5. The molecule has 2 N–H and O–H groups in total. The maximum atomic E-state index is 13.7. The van der Waals surface area contributed by atoms with Gasteiger partial charge in [-0.15, -0.1) is 10.2 Å². The first-order valence-corrected chi connectivity index (χ1v) is 9.39. The van der Waals surface area contributed by atoms with Crippen molar-refractivity contribution in [3.05, 3.63) is 34.9 Å². The van der Waals surface area contributed by atoms with E-state index in [9.17, 15) is 13.2 Å². The number of nitrogens with one attached hydrogen (secondary N) is 1. The van der Waals surface area contributed by atoms with Crippen molar-refractivity contribution in [3.63, 3.8) is 0 Å². The van der Waals surface area contributed by atoms with Crippen molar-refractivity contribution in [1.82, 2.24) is 15.2 Å². The van der Waals surface area contributed by atoms with Gasteiger partial charge in [0.2, 0.25) is 5.13 Å². The predicted molar refractivity (Wildman–Crippen MR) is 97.9 cm³/mol. The topological polar surface area (TPSA) is 70.9 Å². The Morgan fingerprint density at radius 2 is 2.00 bits per heavy atom. The number of hydrogen-bond acceptors (Lipinski definition) is 6. The number of nitrogens with zero attached hydrogens (tertiary/aromatic N) is 3. The number of aliphatic hydroxyl groups is 1. The van der Waals surface area contributed by atoms with Gasteiger partial charge in [-0.2, -0.15) is 13.2 Å². The molecular formula is C18H17F3N4OS. The minimum absolute atomic E-state index is 0.0537. The fourth-order valence-electron chi connectivity index (χ4n) is 3.05. The number of hydrogen-bond donors (Lipinski definition) is 2. The van der Waals surface area contributed by atoms with Crippen LogP contribution in [0, 0.1) is 6.92 Å². The third-order valence-corrected chi connectivity index (χ3v) is 5.43. The quantitative estimate of drug-likeness (QED) is 0.673. The number of benzene rings is 1. The lowest BCUT2D eigenvalue weighted by Gasteiger charge is -2.14. The first-order valence-electron chi connectivity index (χ1n) is 8.58. The molecule has 9 heteroatoms. The van der Waals surface area contributed by atoms with Crippen LogP contribution in [-0.2, 0) is 6.18 Å². The SMILES string of the molecule is Cc1cc(-c2nnc(NCCO)s2)nc2c(C(F)(F)F)cc(C3CC3)cc12. The van der Waals surface area contributed by atoms with Gasteiger partial charge in [-0.1, -0.05) is 11.3 Å². The van der Waals surface area contributed by atoms with Crippen molar-refractivity contribution in [2.45, 2.75) is 31.9 Å². The van der Waals surface area contributed by atoms with Gasteiger partial charge >= 0.3 is 6.18 Å². The molecule has 27 heavy (non-hydrogen) atoms. The Morgan fingerprint density at radius 3 is 2.67 bits per heavy atom. The highest BCUT2D eigenvalue weighted by atomic mass is 32.1. The molecule has 0 spiro atoms. The van der Waals surface area contributed by atoms with Gasteiger partial charge in [-0.25, -0.2) is 4.98 Å². The molecule has 3 aromatic rings. The number of aromatic nitrogens is 3. The van der Waals surface area contributed by atoms with Gasteiger partial charge in [-0.3, -0.25) is 0 Å². The first-order chi connectivity index (χ1) is 12.9. The van der Waals surface area contributed by atoms with E-state index in [2.05, 4.69) is 20.5 Å². The molecule has 1 saturated carbocycles. The molecule has 0 unspecified atom stereocenters. The van der Waals surface area contributed by atoms with Crippen molar-refractivity contribution < 1.29 is 18.3 Å². The Labute approximate surface area is 157 Å². The average molecular weight is 394 g/mol. The minimum Gasteiger partial charge on any atom is -0.395 e. The number of anilines is 1. The van der Waals surface area contributed by atoms with Crippen LogP contribution in [0.4, 0.5) is 18.3 Å². The van der Waals surface area contributed by atoms with Crippen LogP contribution in [0.5, 0.6) is 0 Å². The highest BCUT2D eigenvalue weighted by Crippen LogP contribution is 2.45. The largest absolute Gasteiger partial charge is 0.418 e. The van der Waals surface area contributed by atoms with Crippen LogP contribution in [0.15, 0.2) is 18.2 Å². The summed E-state index contributed by atoms with van der Waals surface area (Å²) in [5, 5.41) is 21.1. The van der Waals surface area contributed by atoms with Gasteiger partial charge in [0.25, 0.3) is 0 Å². The molecule has 2 aromatic heterocycles. The summed E-state index contributed by atoms with van der Waals surface area (Å²) in [5.74, 6) is 0.220. The summed E-state index contributed by atoms with van der Waals surface area (Å²) >= 11 is 1.19. The molecule has 1 aromatic carbocycles. The van der Waals surface area contributed by atoms with Crippen molar-refractivity contribution in [3.8, 4) is 10.7 Å². The Bertz CT molecular complexity index is 998. The van der Waals surface area contributed by atoms with E-state index in [-0.39, 0.29) is 18.0 Å². The molecule has 1 fully saturated rings. The van der Waals surface area contributed by atoms with Crippen LogP contribution < -0.4 is 5.32 Å². The number of aryl methyl sites for hydroxylation is 1. The van der Waals surface area contributed by atoms with Crippen LogP contribution in [0.1, 0.15) is 35.4 Å². The maximum Gasteiger partial charge on any atom is 0.418 e. The number of fused-ring (bicyclic) bond motifs is 1. The molecule has 4 rings (SSSR count). The van der Waals surface area contributed by atoms with Crippen molar-refractivity contribution in [2.24, 2.45) is 0 Å². The number of halogens is 3. The zero-order valence-corrected chi connectivity index (χ0v) is 15.3. The fourth-order valence-corrected chi connectivity index (χ4v) is 3.78. The van der Waals surface area contributed by atoms with Gasteiger partial charge in [0.05, 0.1) is 17.7 Å². The molecular weight excluding hydrogens is 377 g/mol. The van der Waals surface area contributed by atoms with Gasteiger partial charge < -0.3 is 10.4 Å². The molecule has 5 nitrogen and oxygen atoms in total. The normalized spacial score (nSPS) is 14.7. The lowest BCUT2D eigenvalue weighted by Crippen LogP contribution is -2.08. The third-order valence-electron chi connectivity index (χ3n) is 4.53. The number of aliphatic hydroxyl groups excluding tert-OH is 1. The Kier molecular flexibility index (Phi) is 4.51. The maximum absolute atomic E-state index is 13.7. The third kappa shape index (κ3) is 3.61. The molecule has 2 heterocycles. The summed E-state index contributed by atoms with van der Waals surface area (Å²) in [6.07, 6.45) is -2.61. The highest BCUT2D eigenvalue weighted by Gasteiger charge is 2.36. The minimum atomic E-state index is -4.48. The second-order valence-corrected chi connectivity index (χ2v) is 7.60. The van der Waals surface area contributed by atoms with E-state index in [0.717, 1.165) is 24.0 Å². The summed E-state index contributed by atoms with van der Waals surface area (Å²) in [5.41, 5.74) is 1.07. The molecule has 1 aliphatic carbocycles. The molecule has 0 radical (unpaired) electrons. The zero-order valence-electron chi connectivity index (χ0n) is 14.5. The summed E-state index contributed by atoms with van der Waals surface area (Å²) in [6, 6.07) is 4.82. The second-order valence-electron chi connectivity index (χ2n) is 6.62. The summed E-state index contributed by atoms with van der Waals surface area (Å²) in [7, 11) is 0. The number of pyridine rings is 1. The first kappa shape index (κ1) is 18.1. The molecule has 0 aliphatic heterocycles. The molecule has 0 bridgehead atoms. The molecule has 0 saturated heterocycles. The average Bonchev–Trinajstić information content (AvgIpc) is 3.36. The number of alkyl halides is 3. The Morgan fingerprint density at radius 1 is 1.22 bits per heavy atom. The van der Waals surface area contributed by atoms with Gasteiger partial charge in [-0.05, 0) is 55.0 Å².